The Balaban J connectivity index is 0. The van der Waals surface area contributed by atoms with Crippen molar-refractivity contribution in [2.45, 2.75) is 65.2 Å². The van der Waals surface area contributed by atoms with E-state index in [9.17, 15) is 0 Å². The molecule has 0 atom stereocenters. The Morgan fingerprint density at radius 1 is 0.667 bits per heavy atom. The third-order valence-electron chi connectivity index (χ3n) is 4.56. The number of halogens is 2. The average Bonchev–Trinajstić information content (AvgIpc) is 2.97. The minimum Gasteiger partial charge on any atom is -1.00 e. The predicted molar refractivity (Wildman–Crippen MR) is 103 cm³/mol. The summed E-state index contributed by atoms with van der Waals surface area (Å²) in [5, 5.41) is 6.60. The molecule has 24 heavy (non-hydrogen) atoms. The van der Waals surface area contributed by atoms with Crippen molar-refractivity contribution in [2.75, 3.05) is 0 Å². The number of hydrogen-bond acceptors (Lipinski definition) is 0. The Kier molecular flexibility index (Phi) is 10.6. The van der Waals surface area contributed by atoms with E-state index >= 15 is 0 Å². The summed E-state index contributed by atoms with van der Waals surface area (Å²) in [6.45, 7) is 19.9. The van der Waals surface area contributed by atoms with Gasteiger partial charge in [-0.2, -0.15) is 12.2 Å². The fraction of sp³-hybridized carbons (Fsp3) is 0.556. The molecule has 6 heteroatoms. The molecule has 0 unspecified atom stereocenters. The van der Waals surface area contributed by atoms with Gasteiger partial charge in [-0.3, -0.25) is 12.2 Å². The van der Waals surface area contributed by atoms with Crippen LogP contribution in [0.3, 0.4) is 0 Å². The van der Waals surface area contributed by atoms with Gasteiger partial charge in [0, 0.05) is 16.1 Å². The van der Waals surface area contributed by atoms with Crippen LogP contribution in [0.4, 0.5) is 0 Å². The Morgan fingerprint density at radius 3 is 1.21 bits per heavy atom. The molecule has 0 aromatic heterocycles. The molecular formula is C18H30Cl2Si3Zr. The molecular weight excluding hydrogens is 463 g/mol. The maximum atomic E-state index is 3.70. The maximum Gasteiger partial charge on any atom is 4.00 e. The van der Waals surface area contributed by atoms with Crippen molar-refractivity contribution in [1.29, 1.82) is 0 Å². The molecule has 0 aromatic carbocycles. The van der Waals surface area contributed by atoms with Gasteiger partial charge in [-0.1, -0.05) is 60.4 Å². The first-order chi connectivity index (χ1) is 9.45. The van der Waals surface area contributed by atoms with Crippen LogP contribution in [0, 0.1) is 12.2 Å². The van der Waals surface area contributed by atoms with Gasteiger partial charge in [-0.25, -0.2) is 20.8 Å². The third-order valence-corrected chi connectivity index (χ3v) is 12.5. The molecule has 2 rings (SSSR count). The van der Waals surface area contributed by atoms with Crippen molar-refractivity contribution in [3.05, 3.63) is 45.1 Å². The van der Waals surface area contributed by atoms with Crippen LogP contribution in [0.2, 0.25) is 52.4 Å². The first kappa shape index (κ1) is 27.3. The molecule has 0 bridgehead atoms. The van der Waals surface area contributed by atoms with Crippen molar-refractivity contribution < 1.29 is 51.0 Å². The zero-order chi connectivity index (χ0) is 16.1. The Bertz CT molecular complexity index is 524. The SMILES string of the molecule is C[Si](C)(C)C1=[C-]CC=C1[Si](C)(C)C1=CC[C-]=C1[Si](C)(C)C.[Cl-].[Cl-].[Zr+4]. The summed E-state index contributed by atoms with van der Waals surface area (Å²) in [7, 11) is -4.17. The van der Waals surface area contributed by atoms with Gasteiger partial charge in [0.2, 0.25) is 0 Å². The van der Waals surface area contributed by atoms with Crippen LogP contribution in [0.25, 0.3) is 0 Å². The van der Waals surface area contributed by atoms with Gasteiger partial charge in [0.15, 0.2) is 0 Å². The third kappa shape index (κ3) is 5.53. The van der Waals surface area contributed by atoms with E-state index in [1.165, 1.54) is 0 Å². The summed E-state index contributed by atoms with van der Waals surface area (Å²) in [4.78, 5) is 0. The topological polar surface area (TPSA) is 0 Å². The van der Waals surface area contributed by atoms with Crippen molar-refractivity contribution >= 4 is 24.2 Å². The molecule has 0 saturated heterocycles. The van der Waals surface area contributed by atoms with Gasteiger partial charge in [-0.15, -0.1) is 12.8 Å². The second-order valence-electron chi connectivity index (χ2n) is 8.87. The fourth-order valence-corrected chi connectivity index (χ4v) is 13.7. The van der Waals surface area contributed by atoms with Crippen LogP contribution in [0.15, 0.2) is 32.9 Å². The molecule has 0 saturated carbocycles. The second kappa shape index (κ2) is 9.32. The summed E-state index contributed by atoms with van der Waals surface area (Å²) in [5.41, 5.74) is 0. The summed E-state index contributed by atoms with van der Waals surface area (Å²) >= 11 is 0. The molecule has 0 radical (unpaired) electrons. The smallest absolute Gasteiger partial charge is 1.00 e. The maximum absolute atomic E-state index is 3.70. The Labute approximate surface area is 184 Å². The van der Waals surface area contributed by atoms with Crippen molar-refractivity contribution in [2.24, 2.45) is 0 Å². The van der Waals surface area contributed by atoms with Crippen LogP contribution >= 0.6 is 0 Å². The number of hydrogen-bond donors (Lipinski definition) is 0. The molecule has 2 aliphatic carbocycles. The zero-order valence-electron chi connectivity index (χ0n) is 16.3. The Morgan fingerprint density at radius 2 is 0.958 bits per heavy atom. The molecule has 132 valence electrons. The standard InChI is InChI=1S/C18H30Si3.2ClH.Zr/c1-19(2,3)15-11-9-13-17(15)21(7,8)18-14-10-12-16(18)20(4,5)6;;;/h13-14H,9-10H2,1-8H3;2*1H;/q-2;;;+4/p-2. The van der Waals surface area contributed by atoms with E-state index in [1.54, 1.807) is 20.8 Å². The van der Waals surface area contributed by atoms with E-state index in [0.717, 1.165) is 12.8 Å². The van der Waals surface area contributed by atoms with E-state index < -0.39 is 24.2 Å². The molecule has 0 aliphatic heterocycles. The van der Waals surface area contributed by atoms with E-state index in [2.05, 4.69) is 76.7 Å². The van der Waals surface area contributed by atoms with Gasteiger partial charge in [0.25, 0.3) is 0 Å². The van der Waals surface area contributed by atoms with Crippen LogP contribution in [-0.2, 0) is 26.2 Å². The van der Waals surface area contributed by atoms with Gasteiger partial charge >= 0.3 is 26.2 Å². The summed E-state index contributed by atoms with van der Waals surface area (Å²) in [6.07, 6.45) is 14.5. The van der Waals surface area contributed by atoms with E-state index in [4.69, 9.17) is 0 Å². The number of rotatable bonds is 4. The molecule has 0 nitrogen and oxygen atoms in total. The van der Waals surface area contributed by atoms with Crippen LogP contribution < -0.4 is 24.8 Å². The summed E-state index contributed by atoms with van der Waals surface area (Å²) < 4.78 is 0. The summed E-state index contributed by atoms with van der Waals surface area (Å²) in [5.74, 6) is 0. The molecule has 0 spiro atoms. The van der Waals surface area contributed by atoms with Crippen LogP contribution in [0.1, 0.15) is 12.8 Å². The van der Waals surface area contributed by atoms with Crippen molar-refractivity contribution in [3.8, 4) is 0 Å². The quantitative estimate of drug-likeness (QED) is 0.372. The van der Waals surface area contributed by atoms with Gasteiger partial charge in [-0.05, 0) is 0 Å². The summed E-state index contributed by atoms with van der Waals surface area (Å²) in [6, 6.07) is 0. The first-order valence-electron chi connectivity index (χ1n) is 8.10. The van der Waals surface area contributed by atoms with Gasteiger partial charge in [0.1, 0.15) is 0 Å². The fourth-order valence-electron chi connectivity index (χ4n) is 3.52. The largest absolute Gasteiger partial charge is 4.00 e. The number of allylic oxidation sites excluding steroid dienone is 8. The molecule has 2 aliphatic rings. The molecule has 0 heterocycles. The van der Waals surface area contributed by atoms with Gasteiger partial charge < -0.3 is 24.8 Å². The molecule has 0 N–H and O–H groups in total. The minimum absolute atomic E-state index is 0. The van der Waals surface area contributed by atoms with Crippen LogP contribution in [-0.4, -0.2) is 24.2 Å². The predicted octanol–water partition coefficient (Wildman–Crippen LogP) is -0.347. The van der Waals surface area contributed by atoms with Crippen molar-refractivity contribution in [3.63, 3.8) is 0 Å². The zero-order valence-corrected chi connectivity index (χ0v) is 23.3. The minimum atomic E-state index is -1.59. The monoisotopic (exact) mass is 490 g/mol. The van der Waals surface area contributed by atoms with Crippen molar-refractivity contribution in [1.82, 2.24) is 0 Å². The average molecular weight is 493 g/mol. The van der Waals surface area contributed by atoms with E-state index in [-0.39, 0.29) is 51.0 Å². The first-order valence-corrected chi connectivity index (χ1v) is 18.1. The molecule has 0 amide bonds. The van der Waals surface area contributed by atoms with Crippen LogP contribution in [0.5, 0.6) is 0 Å². The van der Waals surface area contributed by atoms with E-state index in [0.29, 0.717) is 0 Å². The second-order valence-corrected chi connectivity index (χ2v) is 23.2. The van der Waals surface area contributed by atoms with E-state index in [1.807, 2.05) is 0 Å². The molecule has 0 fully saturated rings. The normalized spacial score (nSPS) is 17.7. The van der Waals surface area contributed by atoms with Gasteiger partial charge in [0.05, 0.1) is 0 Å². The molecule has 0 aromatic rings. The Hall–Kier alpha value is 1.07.